The zero-order chi connectivity index (χ0) is 28.3. The van der Waals surface area contributed by atoms with E-state index in [0.717, 1.165) is 17.1 Å². The van der Waals surface area contributed by atoms with Crippen LogP contribution in [0.5, 0.6) is 0 Å². The lowest BCUT2D eigenvalue weighted by Crippen LogP contribution is -2.09. The zero-order valence-electron chi connectivity index (χ0n) is 23.3. The Labute approximate surface area is 253 Å². The first-order valence-electron chi connectivity index (χ1n) is 14.6. The first-order valence-corrected chi connectivity index (χ1v) is 15.4. The predicted octanol–water partition coefficient (Wildman–Crippen LogP) is 11.8. The zero-order valence-corrected chi connectivity index (χ0v) is 24.1. The van der Waals surface area contributed by atoms with E-state index in [1.165, 1.54) is 58.4 Å². The van der Waals surface area contributed by atoms with E-state index in [0.29, 0.717) is 0 Å². The molecule has 9 aromatic rings. The Morgan fingerprint density at radius 1 is 0.395 bits per heavy atom. The number of anilines is 3. The van der Waals surface area contributed by atoms with Gasteiger partial charge in [0.1, 0.15) is 0 Å². The van der Waals surface area contributed by atoms with Gasteiger partial charge < -0.3 is 9.47 Å². The van der Waals surface area contributed by atoms with Gasteiger partial charge in [-0.15, -0.1) is 11.3 Å². The van der Waals surface area contributed by atoms with Gasteiger partial charge >= 0.3 is 0 Å². The molecule has 2 nitrogen and oxygen atoms in total. The summed E-state index contributed by atoms with van der Waals surface area (Å²) in [6, 6.07) is 57.2. The highest BCUT2D eigenvalue weighted by molar-refractivity contribution is 7.25. The standard InChI is InChI=1S/C40H26N2S/c1-2-12-29(13-3-1)41(30-19-18-27-10-4-5-11-28(27)24-30)31-20-22-39-35(25-31)36-26-32(21-23-40(36)43-39)42-37-16-8-6-14-33(37)34-15-7-9-17-38(34)42/h1-26H. The maximum Gasteiger partial charge on any atom is 0.0541 e. The van der Waals surface area contributed by atoms with Gasteiger partial charge in [-0.1, -0.05) is 84.9 Å². The van der Waals surface area contributed by atoms with Crippen molar-refractivity contribution in [3.8, 4) is 5.69 Å². The molecule has 0 saturated heterocycles. The highest BCUT2D eigenvalue weighted by Gasteiger charge is 2.17. The quantitative estimate of drug-likeness (QED) is 0.206. The Morgan fingerprint density at radius 3 is 1.74 bits per heavy atom. The molecule has 0 radical (unpaired) electrons. The van der Waals surface area contributed by atoms with Gasteiger partial charge in [0.2, 0.25) is 0 Å². The highest BCUT2D eigenvalue weighted by atomic mass is 32.1. The molecule has 2 heterocycles. The Morgan fingerprint density at radius 2 is 0.977 bits per heavy atom. The average molecular weight is 567 g/mol. The topological polar surface area (TPSA) is 8.17 Å². The van der Waals surface area contributed by atoms with E-state index in [1.807, 2.05) is 11.3 Å². The van der Waals surface area contributed by atoms with Crippen molar-refractivity contribution >= 4 is 81.1 Å². The maximum atomic E-state index is 2.41. The van der Waals surface area contributed by atoms with Crippen molar-refractivity contribution < 1.29 is 0 Å². The van der Waals surface area contributed by atoms with Crippen LogP contribution in [0.15, 0.2) is 158 Å². The Kier molecular flexibility index (Phi) is 5.40. The second kappa shape index (κ2) is 9.59. The molecular weight excluding hydrogens is 541 g/mol. The van der Waals surface area contributed by atoms with Crippen molar-refractivity contribution in [2.24, 2.45) is 0 Å². The van der Waals surface area contributed by atoms with Gasteiger partial charge in [-0.2, -0.15) is 0 Å². The van der Waals surface area contributed by atoms with Crippen molar-refractivity contribution in [2.75, 3.05) is 4.90 Å². The van der Waals surface area contributed by atoms with Gasteiger partial charge in [0.15, 0.2) is 0 Å². The van der Waals surface area contributed by atoms with Gasteiger partial charge in [-0.25, -0.2) is 0 Å². The molecule has 0 aliphatic rings. The van der Waals surface area contributed by atoms with E-state index in [4.69, 9.17) is 0 Å². The number of nitrogens with zero attached hydrogens (tertiary/aromatic N) is 2. The van der Waals surface area contributed by atoms with Gasteiger partial charge in [0.25, 0.3) is 0 Å². The lowest BCUT2D eigenvalue weighted by molar-refractivity contribution is 1.19. The smallest absolute Gasteiger partial charge is 0.0541 e. The van der Waals surface area contributed by atoms with E-state index < -0.39 is 0 Å². The summed E-state index contributed by atoms with van der Waals surface area (Å²) in [5.41, 5.74) is 7.09. The minimum Gasteiger partial charge on any atom is -0.310 e. The van der Waals surface area contributed by atoms with Crippen LogP contribution in [0.3, 0.4) is 0 Å². The summed E-state index contributed by atoms with van der Waals surface area (Å²) >= 11 is 1.86. The number of fused-ring (bicyclic) bond motifs is 7. The molecule has 0 N–H and O–H groups in total. The molecule has 43 heavy (non-hydrogen) atoms. The van der Waals surface area contributed by atoms with Crippen LogP contribution < -0.4 is 4.90 Å². The van der Waals surface area contributed by atoms with Crippen LogP contribution in [0.1, 0.15) is 0 Å². The highest BCUT2D eigenvalue weighted by Crippen LogP contribution is 2.42. The summed E-state index contributed by atoms with van der Waals surface area (Å²) in [4.78, 5) is 2.37. The summed E-state index contributed by atoms with van der Waals surface area (Å²) in [6.45, 7) is 0. The third-order valence-electron chi connectivity index (χ3n) is 8.54. The fraction of sp³-hybridized carbons (Fsp3) is 0. The molecule has 7 aromatic carbocycles. The van der Waals surface area contributed by atoms with E-state index >= 15 is 0 Å². The Hall–Kier alpha value is -5.38. The van der Waals surface area contributed by atoms with E-state index in [1.54, 1.807) is 0 Å². The monoisotopic (exact) mass is 566 g/mol. The third kappa shape index (κ3) is 3.86. The summed E-state index contributed by atoms with van der Waals surface area (Å²) in [5, 5.41) is 7.61. The van der Waals surface area contributed by atoms with Gasteiger partial charge in [-0.3, -0.25) is 0 Å². The maximum absolute atomic E-state index is 2.41. The molecule has 0 fully saturated rings. The second-order valence-corrected chi connectivity index (χ2v) is 12.1. The van der Waals surface area contributed by atoms with Crippen LogP contribution in [0, 0.1) is 0 Å². The lowest BCUT2D eigenvalue weighted by atomic mass is 10.1. The van der Waals surface area contributed by atoms with E-state index in [2.05, 4.69) is 167 Å². The molecular formula is C40H26N2S. The van der Waals surface area contributed by atoms with E-state index in [-0.39, 0.29) is 0 Å². The predicted molar refractivity (Wildman–Crippen MR) is 186 cm³/mol. The number of rotatable bonds is 4. The van der Waals surface area contributed by atoms with E-state index in [9.17, 15) is 0 Å². The summed E-state index contributed by atoms with van der Waals surface area (Å²) in [5.74, 6) is 0. The normalized spacial score (nSPS) is 11.7. The first-order chi connectivity index (χ1) is 21.3. The first kappa shape index (κ1) is 24.2. The largest absolute Gasteiger partial charge is 0.310 e. The molecule has 3 heteroatoms. The fourth-order valence-electron chi connectivity index (χ4n) is 6.57. The number of para-hydroxylation sites is 3. The fourth-order valence-corrected chi connectivity index (χ4v) is 7.64. The molecule has 0 spiro atoms. The molecule has 0 atom stereocenters. The number of hydrogen-bond donors (Lipinski definition) is 0. The van der Waals surface area contributed by atoms with Crippen LogP contribution in [-0.4, -0.2) is 4.57 Å². The Balaban J connectivity index is 1.26. The summed E-state index contributed by atoms with van der Waals surface area (Å²) in [6.07, 6.45) is 0. The van der Waals surface area contributed by atoms with Crippen molar-refractivity contribution in [1.82, 2.24) is 4.57 Å². The van der Waals surface area contributed by atoms with Gasteiger partial charge in [0.05, 0.1) is 11.0 Å². The molecule has 0 aliphatic carbocycles. The van der Waals surface area contributed by atoms with Crippen LogP contribution in [0.4, 0.5) is 17.1 Å². The molecule has 0 aliphatic heterocycles. The molecule has 0 amide bonds. The molecule has 2 aromatic heterocycles. The van der Waals surface area contributed by atoms with Gasteiger partial charge in [0, 0.05) is 53.7 Å². The van der Waals surface area contributed by atoms with Crippen LogP contribution >= 0.6 is 11.3 Å². The number of thiophene rings is 1. The SMILES string of the molecule is c1ccc(N(c2ccc3ccccc3c2)c2ccc3sc4ccc(-n5c6ccccc6c6ccccc65)cc4c3c2)cc1. The van der Waals surface area contributed by atoms with Gasteiger partial charge in [-0.05, 0) is 83.6 Å². The number of aromatic nitrogens is 1. The van der Waals surface area contributed by atoms with Crippen LogP contribution in [0.2, 0.25) is 0 Å². The molecule has 0 unspecified atom stereocenters. The molecule has 0 bridgehead atoms. The average Bonchev–Trinajstić information content (AvgIpc) is 3.60. The van der Waals surface area contributed by atoms with Crippen LogP contribution in [0.25, 0.3) is 58.4 Å². The summed E-state index contributed by atoms with van der Waals surface area (Å²) < 4.78 is 5.00. The summed E-state index contributed by atoms with van der Waals surface area (Å²) in [7, 11) is 0. The number of hydrogen-bond acceptors (Lipinski definition) is 2. The molecule has 0 saturated carbocycles. The molecule has 9 rings (SSSR count). The van der Waals surface area contributed by atoms with Crippen molar-refractivity contribution in [2.45, 2.75) is 0 Å². The van der Waals surface area contributed by atoms with Crippen LogP contribution in [-0.2, 0) is 0 Å². The van der Waals surface area contributed by atoms with Crippen molar-refractivity contribution in [1.29, 1.82) is 0 Å². The minimum atomic E-state index is 1.14. The minimum absolute atomic E-state index is 1.14. The molecule has 202 valence electrons. The van der Waals surface area contributed by atoms with Crippen molar-refractivity contribution in [3.63, 3.8) is 0 Å². The van der Waals surface area contributed by atoms with Crippen molar-refractivity contribution in [3.05, 3.63) is 158 Å². The lowest BCUT2D eigenvalue weighted by Gasteiger charge is -2.26. The Bertz CT molecular complexity index is 2410. The third-order valence-corrected chi connectivity index (χ3v) is 9.69. The second-order valence-electron chi connectivity index (χ2n) is 11.0. The number of benzene rings is 7.